The highest BCUT2D eigenvalue weighted by Crippen LogP contribution is 2.51. The van der Waals surface area contributed by atoms with Crippen LogP contribution < -0.4 is 4.74 Å². The summed E-state index contributed by atoms with van der Waals surface area (Å²) in [5.74, 6) is 2.09. The first-order chi connectivity index (χ1) is 19.3. The fourth-order valence-corrected chi connectivity index (χ4v) is 6.71. The van der Waals surface area contributed by atoms with Crippen molar-refractivity contribution in [3.63, 3.8) is 0 Å². The quantitative estimate of drug-likeness (QED) is 0.236. The molecule has 1 aliphatic carbocycles. The van der Waals surface area contributed by atoms with Gasteiger partial charge in [-0.1, -0.05) is 84.9 Å². The minimum atomic E-state index is 0.135. The highest BCUT2D eigenvalue weighted by molar-refractivity contribution is 6.10. The van der Waals surface area contributed by atoms with Gasteiger partial charge in [-0.25, -0.2) is 0 Å². The average molecular weight is 502 g/mol. The van der Waals surface area contributed by atoms with Gasteiger partial charge in [-0.05, 0) is 48.4 Å². The number of fused-ring (bicyclic) bond motifs is 9. The van der Waals surface area contributed by atoms with E-state index in [9.17, 15) is 0 Å². The second-order valence-corrected chi connectivity index (χ2v) is 10.5. The molecule has 0 saturated heterocycles. The van der Waals surface area contributed by atoms with Crippen LogP contribution in [0.5, 0.6) is 5.75 Å². The van der Waals surface area contributed by atoms with Crippen molar-refractivity contribution >= 4 is 49.3 Å². The zero-order chi connectivity index (χ0) is 25.5. The highest BCUT2D eigenvalue weighted by Gasteiger charge is 2.36. The summed E-state index contributed by atoms with van der Waals surface area (Å²) in [5.41, 5.74) is 9.15. The average Bonchev–Trinajstić information content (AvgIpc) is 3.66. The van der Waals surface area contributed by atoms with Gasteiger partial charge in [0.1, 0.15) is 22.7 Å². The van der Waals surface area contributed by atoms with E-state index < -0.39 is 0 Å². The van der Waals surface area contributed by atoms with E-state index in [2.05, 4.69) is 114 Å². The smallest absolute Gasteiger partial charge is 0.142 e. The Morgan fingerprint density at radius 2 is 1.31 bits per heavy atom. The molecule has 3 heteroatoms. The van der Waals surface area contributed by atoms with Gasteiger partial charge in [-0.3, -0.25) is 0 Å². The van der Waals surface area contributed by atoms with E-state index in [0.29, 0.717) is 0 Å². The predicted molar refractivity (Wildman–Crippen MR) is 159 cm³/mol. The summed E-state index contributed by atoms with van der Waals surface area (Å²) in [4.78, 5) is 0. The summed E-state index contributed by atoms with van der Waals surface area (Å²) in [6, 6.07) is 38.6. The number of nitrogens with zero attached hydrogens (tertiary/aromatic N) is 1. The lowest BCUT2D eigenvalue weighted by Crippen LogP contribution is -2.07. The van der Waals surface area contributed by atoms with Crippen LogP contribution in [-0.2, 0) is 0 Å². The first-order valence-corrected chi connectivity index (χ1v) is 13.5. The molecule has 0 N–H and O–H groups in total. The number of hydrogen-bond acceptors (Lipinski definition) is 2. The number of aromatic nitrogens is 1. The Morgan fingerprint density at radius 1 is 0.615 bits per heavy atom. The van der Waals surface area contributed by atoms with Crippen molar-refractivity contribution in [1.29, 1.82) is 0 Å². The third-order valence-electron chi connectivity index (χ3n) is 8.41. The molecule has 0 fully saturated rings. The molecule has 7 aromatic rings. The van der Waals surface area contributed by atoms with Crippen LogP contribution in [0.2, 0.25) is 0 Å². The SMILES string of the molecule is C1=C(c2cccc3c2oc2ccccc23)CC2C(=C1)Oc1cccc(-n3c4ccccc4c4ccccc43)c12. The Labute approximate surface area is 224 Å². The number of rotatable bonds is 2. The van der Waals surface area contributed by atoms with Gasteiger partial charge in [-0.15, -0.1) is 0 Å². The van der Waals surface area contributed by atoms with Crippen LogP contribution in [0.1, 0.15) is 23.5 Å². The molecule has 5 aromatic carbocycles. The van der Waals surface area contributed by atoms with Gasteiger partial charge < -0.3 is 13.7 Å². The molecule has 0 amide bonds. The topological polar surface area (TPSA) is 27.3 Å². The summed E-state index contributed by atoms with van der Waals surface area (Å²) in [5, 5.41) is 4.85. The molecule has 3 nitrogen and oxygen atoms in total. The normalized spacial score (nSPS) is 16.4. The Balaban J connectivity index is 1.22. The lowest BCUT2D eigenvalue weighted by atomic mass is 9.84. The molecule has 2 aromatic heterocycles. The van der Waals surface area contributed by atoms with Gasteiger partial charge in [-0.2, -0.15) is 0 Å². The van der Waals surface area contributed by atoms with E-state index in [1.54, 1.807) is 0 Å². The van der Waals surface area contributed by atoms with Gasteiger partial charge in [0.25, 0.3) is 0 Å². The molecular weight excluding hydrogens is 478 g/mol. The fourth-order valence-electron chi connectivity index (χ4n) is 6.71. The van der Waals surface area contributed by atoms with Crippen molar-refractivity contribution in [3.05, 3.63) is 138 Å². The molecule has 1 aliphatic heterocycles. The van der Waals surface area contributed by atoms with Crippen LogP contribution >= 0.6 is 0 Å². The maximum Gasteiger partial charge on any atom is 0.142 e. The predicted octanol–water partition coefficient (Wildman–Crippen LogP) is 9.53. The number of hydrogen-bond donors (Lipinski definition) is 0. The maximum atomic E-state index is 6.47. The van der Waals surface area contributed by atoms with Crippen LogP contribution in [0, 0.1) is 0 Å². The Hall–Kier alpha value is -5.02. The standard InChI is InChI=1S/C36H23NO2/c1-4-14-29-24(9-1)25-10-2-5-15-30(25)37(29)31-16-8-18-34-35(31)28-21-22(19-20-33(28)38-34)23-12-7-13-27-26-11-3-6-17-32(26)39-36(23)27/h1-20,28H,21H2. The molecule has 2 aliphatic rings. The van der Waals surface area contributed by atoms with Crippen molar-refractivity contribution < 1.29 is 9.15 Å². The first kappa shape index (κ1) is 21.0. The zero-order valence-corrected chi connectivity index (χ0v) is 21.1. The Morgan fingerprint density at radius 3 is 2.13 bits per heavy atom. The molecule has 0 bridgehead atoms. The minimum Gasteiger partial charge on any atom is -0.461 e. The van der Waals surface area contributed by atoms with Crippen LogP contribution in [0.25, 0.3) is 55.0 Å². The second kappa shape index (κ2) is 7.75. The molecule has 184 valence electrons. The van der Waals surface area contributed by atoms with E-state index in [1.807, 2.05) is 12.1 Å². The molecule has 1 unspecified atom stereocenters. The van der Waals surface area contributed by atoms with Crippen molar-refractivity contribution in [3.8, 4) is 11.4 Å². The van der Waals surface area contributed by atoms with Crippen molar-refractivity contribution in [1.82, 2.24) is 4.57 Å². The number of ether oxygens (including phenoxy) is 1. The summed E-state index contributed by atoms with van der Waals surface area (Å²) >= 11 is 0. The van der Waals surface area contributed by atoms with Crippen LogP contribution in [0.3, 0.4) is 0 Å². The first-order valence-electron chi connectivity index (χ1n) is 13.5. The molecule has 9 rings (SSSR count). The number of allylic oxidation sites excluding steroid dienone is 4. The molecule has 1 atom stereocenters. The third kappa shape index (κ3) is 2.87. The van der Waals surface area contributed by atoms with Crippen molar-refractivity contribution in [2.45, 2.75) is 12.3 Å². The maximum absolute atomic E-state index is 6.47. The molecular formula is C36H23NO2. The van der Waals surface area contributed by atoms with E-state index >= 15 is 0 Å². The van der Waals surface area contributed by atoms with E-state index in [4.69, 9.17) is 9.15 Å². The molecule has 0 spiro atoms. The van der Waals surface area contributed by atoms with Gasteiger partial charge in [0, 0.05) is 32.7 Å². The Kier molecular flexibility index (Phi) is 4.17. The van der Waals surface area contributed by atoms with E-state index in [0.717, 1.165) is 45.4 Å². The molecule has 39 heavy (non-hydrogen) atoms. The minimum absolute atomic E-state index is 0.135. The van der Waals surface area contributed by atoms with Gasteiger partial charge in [0.2, 0.25) is 0 Å². The van der Waals surface area contributed by atoms with Gasteiger partial charge in [0.15, 0.2) is 0 Å². The largest absolute Gasteiger partial charge is 0.461 e. The van der Waals surface area contributed by atoms with Gasteiger partial charge in [0.05, 0.1) is 22.6 Å². The van der Waals surface area contributed by atoms with E-state index in [1.165, 1.54) is 38.6 Å². The fraction of sp³-hybridized carbons (Fsp3) is 0.0556. The summed E-state index contributed by atoms with van der Waals surface area (Å²) in [7, 11) is 0. The van der Waals surface area contributed by atoms with Crippen molar-refractivity contribution in [2.75, 3.05) is 0 Å². The lowest BCUT2D eigenvalue weighted by molar-refractivity contribution is 0.426. The Bertz CT molecular complexity index is 2140. The number of para-hydroxylation sites is 4. The third-order valence-corrected chi connectivity index (χ3v) is 8.41. The van der Waals surface area contributed by atoms with Crippen LogP contribution in [0.15, 0.2) is 132 Å². The molecule has 0 saturated carbocycles. The molecule has 0 radical (unpaired) electrons. The number of benzene rings is 5. The zero-order valence-electron chi connectivity index (χ0n) is 21.1. The summed E-state index contributed by atoms with van der Waals surface area (Å²) < 4.78 is 15.3. The number of furan rings is 1. The highest BCUT2D eigenvalue weighted by atomic mass is 16.5. The second-order valence-electron chi connectivity index (χ2n) is 10.5. The van der Waals surface area contributed by atoms with E-state index in [-0.39, 0.29) is 5.92 Å². The monoisotopic (exact) mass is 501 g/mol. The van der Waals surface area contributed by atoms with Gasteiger partial charge >= 0.3 is 0 Å². The van der Waals surface area contributed by atoms with Crippen LogP contribution in [0.4, 0.5) is 0 Å². The molecule has 3 heterocycles. The lowest BCUT2D eigenvalue weighted by Gasteiger charge is -2.21. The van der Waals surface area contributed by atoms with Crippen LogP contribution in [-0.4, -0.2) is 4.57 Å². The summed E-state index contributed by atoms with van der Waals surface area (Å²) in [6.45, 7) is 0. The summed E-state index contributed by atoms with van der Waals surface area (Å²) in [6.07, 6.45) is 5.21. The van der Waals surface area contributed by atoms with Crippen molar-refractivity contribution in [2.24, 2.45) is 0 Å².